The van der Waals surface area contributed by atoms with Crippen LogP contribution in [0.4, 0.5) is 0 Å². The molecule has 1 saturated heterocycles. The maximum atomic E-state index is 12.7. The number of benzene rings is 1. The molecule has 0 radical (unpaired) electrons. The van der Waals surface area contributed by atoms with Crippen LogP contribution in [-0.4, -0.2) is 47.3 Å². The molecule has 1 aromatic rings. The molecule has 1 heterocycles. The van der Waals surface area contributed by atoms with Crippen molar-refractivity contribution < 1.29 is 19.7 Å². The average Bonchev–Trinajstić information content (AvgIpc) is 2.94. The SMILES string of the molecule is C=C1CCC[C@]2(C)C[C@H]3OC(=O)[C@H](CN(C)C[C@@H](O)c4cccc(O)c4)[C@H]3C[C@@H]12. The predicted molar refractivity (Wildman–Crippen MR) is 111 cm³/mol. The highest BCUT2D eigenvalue weighted by Crippen LogP contribution is 2.56. The minimum atomic E-state index is -0.715. The lowest BCUT2D eigenvalue weighted by Crippen LogP contribution is -2.45. The summed E-state index contributed by atoms with van der Waals surface area (Å²) in [5.74, 6) is 0.616. The number of rotatable bonds is 5. The van der Waals surface area contributed by atoms with E-state index >= 15 is 0 Å². The van der Waals surface area contributed by atoms with Gasteiger partial charge >= 0.3 is 5.97 Å². The van der Waals surface area contributed by atoms with E-state index in [2.05, 4.69) is 13.5 Å². The van der Waals surface area contributed by atoms with Crippen LogP contribution in [0.2, 0.25) is 0 Å². The van der Waals surface area contributed by atoms with Gasteiger partial charge in [-0.05, 0) is 68.2 Å². The Balaban J connectivity index is 1.42. The van der Waals surface area contributed by atoms with Gasteiger partial charge in [-0.15, -0.1) is 0 Å². The Hall–Kier alpha value is -1.85. The van der Waals surface area contributed by atoms with Crippen molar-refractivity contribution in [2.45, 2.75) is 51.2 Å². The normalized spacial score (nSPS) is 35.2. The molecule has 2 aliphatic carbocycles. The Bertz CT molecular complexity index is 793. The summed E-state index contributed by atoms with van der Waals surface area (Å²) in [5.41, 5.74) is 2.24. The van der Waals surface area contributed by atoms with Crippen LogP contribution in [-0.2, 0) is 9.53 Å². The third kappa shape index (κ3) is 3.95. The van der Waals surface area contributed by atoms with Gasteiger partial charge in [0.1, 0.15) is 11.9 Å². The van der Waals surface area contributed by atoms with E-state index in [1.54, 1.807) is 24.3 Å². The molecule has 0 aromatic heterocycles. The summed E-state index contributed by atoms with van der Waals surface area (Å²) in [7, 11) is 1.93. The van der Waals surface area contributed by atoms with Crippen molar-refractivity contribution in [3.05, 3.63) is 42.0 Å². The number of esters is 1. The Kier molecular flexibility index (Phi) is 5.47. The molecule has 0 bridgehead atoms. The maximum absolute atomic E-state index is 12.7. The van der Waals surface area contributed by atoms with E-state index in [0.717, 1.165) is 19.3 Å². The number of carbonyl (C=O) groups is 1. The van der Waals surface area contributed by atoms with Gasteiger partial charge in [0.2, 0.25) is 0 Å². The molecule has 29 heavy (non-hydrogen) atoms. The summed E-state index contributed by atoms with van der Waals surface area (Å²) < 4.78 is 5.84. The molecular weight excluding hydrogens is 366 g/mol. The first-order valence-electron chi connectivity index (χ1n) is 10.8. The van der Waals surface area contributed by atoms with Gasteiger partial charge in [-0.25, -0.2) is 0 Å². The van der Waals surface area contributed by atoms with Crippen LogP contribution in [0, 0.1) is 23.2 Å². The number of hydrogen-bond acceptors (Lipinski definition) is 5. The first kappa shape index (κ1) is 20.4. The van der Waals surface area contributed by atoms with Crippen LogP contribution < -0.4 is 0 Å². The number of fused-ring (bicyclic) bond motifs is 2. The number of allylic oxidation sites excluding steroid dienone is 1. The second kappa shape index (κ2) is 7.77. The zero-order chi connectivity index (χ0) is 20.8. The van der Waals surface area contributed by atoms with Crippen LogP contribution in [0.5, 0.6) is 5.75 Å². The van der Waals surface area contributed by atoms with Crippen LogP contribution in [0.25, 0.3) is 0 Å². The van der Waals surface area contributed by atoms with Gasteiger partial charge in [0.05, 0.1) is 12.0 Å². The van der Waals surface area contributed by atoms with Crippen molar-refractivity contribution >= 4 is 5.97 Å². The summed E-state index contributed by atoms with van der Waals surface area (Å²) in [4.78, 5) is 14.7. The van der Waals surface area contributed by atoms with E-state index in [-0.39, 0.29) is 35.1 Å². The van der Waals surface area contributed by atoms with E-state index in [1.807, 2.05) is 11.9 Å². The van der Waals surface area contributed by atoms with Crippen LogP contribution >= 0.6 is 0 Å². The highest BCUT2D eigenvalue weighted by atomic mass is 16.6. The summed E-state index contributed by atoms with van der Waals surface area (Å²) in [6, 6.07) is 6.69. The first-order chi connectivity index (χ1) is 13.8. The molecule has 0 amide bonds. The van der Waals surface area contributed by atoms with Gasteiger partial charge in [0.15, 0.2) is 0 Å². The van der Waals surface area contributed by atoms with Crippen molar-refractivity contribution in [2.24, 2.45) is 23.2 Å². The highest BCUT2D eigenvalue weighted by molar-refractivity contribution is 5.75. The van der Waals surface area contributed by atoms with Gasteiger partial charge in [-0.3, -0.25) is 4.79 Å². The molecule has 1 aromatic carbocycles. The molecule has 3 aliphatic rings. The van der Waals surface area contributed by atoms with E-state index in [4.69, 9.17) is 4.74 Å². The summed E-state index contributed by atoms with van der Waals surface area (Å²) in [6.07, 6.45) is 4.72. The minimum absolute atomic E-state index is 0.0176. The third-order valence-corrected chi connectivity index (χ3v) is 7.57. The number of aliphatic hydroxyl groups is 1. The maximum Gasteiger partial charge on any atom is 0.310 e. The number of phenols is 1. The van der Waals surface area contributed by atoms with E-state index in [9.17, 15) is 15.0 Å². The second-order valence-electron chi connectivity index (χ2n) is 9.74. The number of aromatic hydroxyl groups is 1. The molecule has 3 fully saturated rings. The number of nitrogens with zero attached hydrogens (tertiary/aromatic N) is 1. The van der Waals surface area contributed by atoms with Gasteiger partial charge in [0, 0.05) is 19.0 Å². The minimum Gasteiger partial charge on any atom is -0.508 e. The fourth-order valence-electron chi connectivity index (χ4n) is 6.01. The van der Waals surface area contributed by atoms with E-state index in [0.29, 0.717) is 24.6 Å². The van der Waals surface area contributed by atoms with Crippen molar-refractivity contribution in [1.82, 2.24) is 4.90 Å². The molecule has 5 nitrogen and oxygen atoms in total. The first-order valence-corrected chi connectivity index (χ1v) is 10.8. The molecule has 2 N–H and O–H groups in total. The largest absolute Gasteiger partial charge is 0.508 e. The number of hydrogen-bond donors (Lipinski definition) is 2. The Morgan fingerprint density at radius 3 is 2.97 bits per heavy atom. The number of likely N-dealkylation sites (N-methyl/N-ethyl adjacent to an activating group) is 1. The number of aliphatic hydroxyl groups excluding tert-OH is 1. The van der Waals surface area contributed by atoms with Crippen molar-refractivity contribution in [3.63, 3.8) is 0 Å². The molecule has 6 atom stereocenters. The van der Waals surface area contributed by atoms with Gasteiger partial charge in [-0.1, -0.05) is 31.2 Å². The lowest BCUT2D eigenvalue weighted by atomic mass is 9.55. The number of phenolic OH excluding ortho intramolecular Hbond substituents is 1. The second-order valence-corrected chi connectivity index (χ2v) is 9.74. The van der Waals surface area contributed by atoms with E-state index in [1.165, 1.54) is 18.4 Å². The Morgan fingerprint density at radius 1 is 1.41 bits per heavy atom. The zero-order valence-corrected chi connectivity index (χ0v) is 17.5. The standard InChI is InChI=1S/C24H33NO4/c1-15-6-5-9-24(2)12-22-18(11-20(15)24)19(23(28)29-22)13-25(3)14-21(27)16-7-4-8-17(26)10-16/h4,7-8,10,18-22,26-27H,1,5-6,9,11-14H2,2-3H3/t18-,19-,20+,21-,22-,24-/m1/s1. The Morgan fingerprint density at radius 2 is 2.21 bits per heavy atom. The lowest BCUT2D eigenvalue weighted by Gasteiger charge is -2.50. The fourth-order valence-corrected chi connectivity index (χ4v) is 6.01. The monoisotopic (exact) mass is 399 g/mol. The quantitative estimate of drug-likeness (QED) is 0.584. The summed E-state index contributed by atoms with van der Waals surface area (Å²) >= 11 is 0. The van der Waals surface area contributed by atoms with Gasteiger partial charge < -0.3 is 19.8 Å². The molecule has 0 unspecified atom stereocenters. The fraction of sp³-hybridized carbons (Fsp3) is 0.625. The smallest absolute Gasteiger partial charge is 0.310 e. The van der Waals surface area contributed by atoms with Crippen LogP contribution in [0.1, 0.15) is 50.7 Å². The topological polar surface area (TPSA) is 70.0 Å². The summed E-state index contributed by atoms with van der Waals surface area (Å²) in [5, 5.41) is 20.2. The molecule has 158 valence electrons. The number of ether oxygens (including phenoxy) is 1. The average molecular weight is 400 g/mol. The molecular formula is C24H33NO4. The van der Waals surface area contributed by atoms with Crippen molar-refractivity contribution in [3.8, 4) is 5.75 Å². The molecule has 0 spiro atoms. The van der Waals surface area contributed by atoms with Crippen molar-refractivity contribution in [2.75, 3.05) is 20.1 Å². The van der Waals surface area contributed by atoms with Crippen molar-refractivity contribution in [1.29, 1.82) is 0 Å². The van der Waals surface area contributed by atoms with Gasteiger partial charge in [0.25, 0.3) is 0 Å². The summed E-state index contributed by atoms with van der Waals surface area (Å²) in [6.45, 7) is 7.67. The highest BCUT2D eigenvalue weighted by Gasteiger charge is 2.55. The molecule has 2 saturated carbocycles. The van der Waals surface area contributed by atoms with Gasteiger partial charge in [-0.2, -0.15) is 0 Å². The molecule has 1 aliphatic heterocycles. The molecule has 4 rings (SSSR count). The van der Waals surface area contributed by atoms with Crippen LogP contribution in [0.15, 0.2) is 36.4 Å². The lowest BCUT2D eigenvalue weighted by molar-refractivity contribution is -0.146. The number of carbonyl (C=O) groups excluding carboxylic acids is 1. The molecule has 5 heteroatoms. The predicted octanol–water partition coefficient (Wildman–Crippen LogP) is 3.67. The van der Waals surface area contributed by atoms with E-state index < -0.39 is 6.10 Å². The third-order valence-electron chi connectivity index (χ3n) is 7.57. The Labute approximate surface area is 173 Å². The van der Waals surface area contributed by atoms with Crippen LogP contribution in [0.3, 0.4) is 0 Å². The zero-order valence-electron chi connectivity index (χ0n) is 17.5.